The molecule has 7 heteroatoms. The maximum absolute atomic E-state index is 13.0. The van der Waals surface area contributed by atoms with Crippen LogP contribution >= 0.6 is 11.3 Å². The second-order valence-electron chi connectivity index (χ2n) is 6.80. The second-order valence-corrected chi connectivity index (χ2v) is 7.52. The van der Waals surface area contributed by atoms with Gasteiger partial charge >= 0.3 is 0 Å². The Balaban J connectivity index is 1.21. The summed E-state index contributed by atoms with van der Waals surface area (Å²) in [5, 5.41) is 12.1. The summed E-state index contributed by atoms with van der Waals surface area (Å²) in [4.78, 5) is 11.3. The van der Waals surface area contributed by atoms with Crippen LogP contribution in [-0.2, 0) is 0 Å². The lowest BCUT2D eigenvalue weighted by Crippen LogP contribution is -2.63. The molecule has 5 nitrogen and oxygen atoms in total. The first-order valence-electron chi connectivity index (χ1n) is 8.72. The van der Waals surface area contributed by atoms with Crippen molar-refractivity contribution in [3.05, 3.63) is 46.7 Å². The van der Waals surface area contributed by atoms with Crippen LogP contribution in [0.15, 0.2) is 35.2 Å². The average Bonchev–Trinajstić information content (AvgIpc) is 3.13. The zero-order chi connectivity index (χ0) is 17.2. The van der Waals surface area contributed by atoms with Gasteiger partial charge in [0, 0.05) is 62.9 Å². The van der Waals surface area contributed by atoms with Crippen LogP contribution in [0.3, 0.4) is 0 Å². The fourth-order valence-corrected chi connectivity index (χ4v) is 4.25. The van der Waals surface area contributed by atoms with Gasteiger partial charge in [-0.15, -0.1) is 11.3 Å². The van der Waals surface area contributed by atoms with Crippen LogP contribution in [-0.4, -0.2) is 71.7 Å². The van der Waals surface area contributed by atoms with Gasteiger partial charge in [-0.25, -0.2) is 9.37 Å². The molecule has 3 heterocycles. The van der Waals surface area contributed by atoms with Gasteiger partial charge in [-0.05, 0) is 24.3 Å². The van der Waals surface area contributed by atoms with Gasteiger partial charge in [-0.1, -0.05) is 0 Å². The highest BCUT2D eigenvalue weighted by atomic mass is 32.1. The molecule has 134 valence electrons. The minimum Gasteiger partial charge on any atom is -0.385 e. The van der Waals surface area contributed by atoms with Crippen LogP contribution in [0.4, 0.5) is 10.1 Å². The summed E-state index contributed by atoms with van der Waals surface area (Å²) >= 11 is 1.52. The third-order valence-corrected chi connectivity index (χ3v) is 5.79. The molecule has 2 saturated heterocycles. The van der Waals surface area contributed by atoms with E-state index in [0.29, 0.717) is 12.6 Å². The van der Waals surface area contributed by atoms with Crippen LogP contribution in [0, 0.1) is 5.82 Å². The van der Waals surface area contributed by atoms with Gasteiger partial charge in [-0.3, -0.25) is 9.80 Å². The lowest BCUT2D eigenvalue weighted by atomic mass is 10.0. The Kier molecular flexibility index (Phi) is 4.98. The topological polar surface area (TPSA) is 42.8 Å². The van der Waals surface area contributed by atoms with Crippen molar-refractivity contribution in [3.8, 4) is 0 Å². The first-order chi connectivity index (χ1) is 12.2. The summed E-state index contributed by atoms with van der Waals surface area (Å²) in [5.41, 5.74) is 3.64. The van der Waals surface area contributed by atoms with E-state index in [9.17, 15) is 9.50 Å². The molecule has 0 aliphatic carbocycles. The molecule has 2 fully saturated rings. The van der Waals surface area contributed by atoms with Crippen LogP contribution in [0.2, 0.25) is 0 Å². The van der Waals surface area contributed by atoms with Crippen LogP contribution in [0.5, 0.6) is 0 Å². The van der Waals surface area contributed by atoms with Crippen LogP contribution < -0.4 is 4.90 Å². The summed E-state index contributed by atoms with van der Waals surface area (Å²) in [6, 6.07) is 7.35. The summed E-state index contributed by atoms with van der Waals surface area (Å²) in [5.74, 6) is -0.184. The van der Waals surface area contributed by atoms with Crippen molar-refractivity contribution in [1.29, 1.82) is 0 Å². The lowest BCUT2D eigenvalue weighted by Gasteiger charge is -2.48. The maximum atomic E-state index is 13.0. The van der Waals surface area contributed by atoms with Gasteiger partial charge in [0.1, 0.15) is 11.9 Å². The number of aromatic nitrogens is 1. The smallest absolute Gasteiger partial charge is 0.123 e. The van der Waals surface area contributed by atoms with Crippen molar-refractivity contribution in [2.45, 2.75) is 12.1 Å². The molecule has 0 radical (unpaired) electrons. The number of nitrogens with zero attached hydrogens (tertiary/aromatic N) is 4. The highest BCUT2D eigenvalue weighted by Gasteiger charge is 2.34. The van der Waals surface area contributed by atoms with Crippen molar-refractivity contribution < 1.29 is 9.50 Å². The van der Waals surface area contributed by atoms with Crippen molar-refractivity contribution >= 4 is 17.0 Å². The molecule has 0 spiro atoms. The van der Waals surface area contributed by atoms with Crippen molar-refractivity contribution in [2.75, 3.05) is 50.7 Å². The molecule has 0 amide bonds. The number of hydrogen-bond donors (Lipinski definition) is 1. The molecule has 1 atom stereocenters. The molecule has 2 aliphatic rings. The SMILES string of the molecule is OC(CN1CC(N2CCN(c3ccc(F)cc3)CC2)C1)c1cscn1. The first-order valence-corrected chi connectivity index (χ1v) is 9.66. The monoisotopic (exact) mass is 362 g/mol. The Morgan fingerprint density at radius 2 is 1.88 bits per heavy atom. The lowest BCUT2D eigenvalue weighted by molar-refractivity contribution is 0.000461. The molecule has 0 bridgehead atoms. The van der Waals surface area contributed by atoms with Gasteiger partial charge < -0.3 is 10.0 Å². The number of benzene rings is 1. The van der Waals surface area contributed by atoms with E-state index in [1.807, 2.05) is 17.5 Å². The van der Waals surface area contributed by atoms with E-state index in [4.69, 9.17) is 0 Å². The highest BCUT2D eigenvalue weighted by Crippen LogP contribution is 2.23. The molecule has 1 N–H and O–H groups in total. The molecule has 1 unspecified atom stereocenters. The number of aliphatic hydroxyl groups excluding tert-OH is 1. The summed E-state index contributed by atoms with van der Waals surface area (Å²) in [6.07, 6.45) is -0.484. The fraction of sp³-hybridized carbons (Fsp3) is 0.500. The Labute approximate surface area is 151 Å². The Bertz CT molecular complexity index is 667. The quantitative estimate of drug-likeness (QED) is 0.879. The van der Waals surface area contributed by atoms with Gasteiger partial charge in [0.25, 0.3) is 0 Å². The molecule has 1 aromatic heterocycles. The molecular weight excluding hydrogens is 339 g/mol. The predicted octanol–water partition coefficient (Wildman–Crippen LogP) is 1.82. The van der Waals surface area contributed by atoms with Crippen LogP contribution in [0.1, 0.15) is 11.8 Å². The van der Waals surface area contributed by atoms with Gasteiger partial charge in [-0.2, -0.15) is 0 Å². The van der Waals surface area contributed by atoms with Crippen molar-refractivity contribution in [1.82, 2.24) is 14.8 Å². The number of hydrogen-bond acceptors (Lipinski definition) is 6. The first kappa shape index (κ1) is 16.9. The molecular formula is C18H23FN4OS. The minimum atomic E-state index is -0.484. The number of anilines is 1. The van der Waals surface area contributed by atoms with Gasteiger partial charge in [0.05, 0.1) is 11.2 Å². The zero-order valence-electron chi connectivity index (χ0n) is 14.1. The van der Waals surface area contributed by atoms with E-state index in [1.165, 1.54) is 23.5 Å². The van der Waals surface area contributed by atoms with E-state index in [-0.39, 0.29) is 5.82 Å². The number of β-amino-alcohol motifs (C(OH)–C–C–N with tert-alkyl or cyclic N) is 1. The Morgan fingerprint density at radius 1 is 1.16 bits per heavy atom. The van der Waals surface area contributed by atoms with E-state index >= 15 is 0 Å². The molecule has 4 rings (SSSR count). The summed E-state index contributed by atoms with van der Waals surface area (Å²) in [6.45, 7) is 6.70. The molecule has 2 aliphatic heterocycles. The van der Waals surface area contributed by atoms with Crippen molar-refractivity contribution in [3.63, 3.8) is 0 Å². The predicted molar refractivity (Wildman–Crippen MR) is 97.5 cm³/mol. The van der Waals surface area contributed by atoms with Crippen LogP contribution in [0.25, 0.3) is 0 Å². The standard InChI is InChI=1S/C18H23FN4OS/c19-14-1-3-15(4-2-14)22-5-7-23(8-6-22)16-9-21(10-16)11-18(24)17-12-25-13-20-17/h1-4,12-13,16,18,24H,5-11H2. The highest BCUT2D eigenvalue weighted by molar-refractivity contribution is 7.07. The Morgan fingerprint density at radius 3 is 2.52 bits per heavy atom. The molecule has 25 heavy (non-hydrogen) atoms. The van der Waals surface area contributed by atoms with E-state index in [1.54, 1.807) is 5.51 Å². The summed E-state index contributed by atoms with van der Waals surface area (Å²) in [7, 11) is 0. The number of aliphatic hydroxyl groups is 1. The van der Waals surface area contributed by atoms with Crippen molar-refractivity contribution in [2.24, 2.45) is 0 Å². The minimum absolute atomic E-state index is 0.184. The third-order valence-electron chi connectivity index (χ3n) is 5.18. The Hall–Kier alpha value is -1.54. The van der Waals surface area contributed by atoms with Gasteiger partial charge in [0.2, 0.25) is 0 Å². The largest absolute Gasteiger partial charge is 0.385 e. The number of halogens is 1. The molecule has 1 aromatic carbocycles. The number of thiazole rings is 1. The fourth-order valence-electron chi connectivity index (χ4n) is 3.64. The number of piperazine rings is 1. The third kappa shape index (κ3) is 3.84. The van der Waals surface area contributed by atoms with E-state index < -0.39 is 6.10 Å². The maximum Gasteiger partial charge on any atom is 0.123 e. The van der Waals surface area contributed by atoms with E-state index in [0.717, 1.165) is 50.6 Å². The number of likely N-dealkylation sites (tertiary alicyclic amines) is 1. The second kappa shape index (κ2) is 7.37. The molecule has 0 saturated carbocycles. The van der Waals surface area contributed by atoms with E-state index in [2.05, 4.69) is 19.7 Å². The van der Waals surface area contributed by atoms with Gasteiger partial charge in [0.15, 0.2) is 0 Å². The summed E-state index contributed by atoms with van der Waals surface area (Å²) < 4.78 is 13.0. The molecule has 2 aromatic rings. The normalized spacial score (nSPS) is 21.3. The zero-order valence-corrected chi connectivity index (χ0v) is 14.9. The average molecular weight is 362 g/mol. The number of rotatable bonds is 5.